The van der Waals surface area contributed by atoms with Gasteiger partial charge in [0.15, 0.2) is 0 Å². The van der Waals surface area contributed by atoms with E-state index in [9.17, 15) is 18.0 Å². The molecule has 0 unspecified atom stereocenters. The summed E-state index contributed by atoms with van der Waals surface area (Å²) in [7, 11) is 0. The number of nitrogens with one attached hydrogen (secondary N) is 1. The van der Waals surface area contributed by atoms with E-state index in [-0.39, 0.29) is 12.2 Å². The number of carbonyl (C=O) groups is 1. The molecule has 1 heterocycles. The zero-order valence-electron chi connectivity index (χ0n) is 15.4. The average Bonchev–Trinajstić information content (AvgIpc) is 3.05. The lowest BCUT2D eigenvalue weighted by Gasteiger charge is -2.10. The van der Waals surface area contributed by atoms with Gasteiger partial charge in [-0.2, -0.15) is 18.3 Å². The van der Waals surface area contributed by atoms with Gasteiger partial charge in [0.2, 0.25) is 5.91 Å². The Hall–Kier alpha value is -3.32. The zero-order chi connectivity index (χ0) is 21.3. The van der Waals surface area contributed by atoms with Crippen LogP contribution in [0.4, 0.5) is 18.9 Å². The summed E-state index contributed by atoms with van der Waals surface area (Å²) in [6.07, 6.45) is -4.48. The molecule has 0 spiro atoms. The molecule has 4 nitrogen and oxygen atoms in total. The number of carbonyl (C=O) groups excluding carboxylic acids is 1. The largest absolute Gasteiger partial charge is 0.416 e. The van der Waals surface area contributed by atoms with Crippen LogP contribution in [0.5, 0.6) is 0 Å². The van der Waals surface area contributed by atoms with E-state index < -0.39 is 17.6 Å². The van der Waals surface area contributed by atoms with Crippen LogP contribution in [-0.2, 0) is 17.5 Å². The minimum absolute atomic E-state index is 0.0672. The SMILES string of the molecule is O=C(Cn1nc(-c2ccccc2)c2cc(Cl)ccc21)Nc1cccc(C(F)(F)F)c1. The lowest BCUT2D eigenvalue weighted by molar-refractivity contribution is -0.137. The molecule has 0 atom stereocenters. The summed E-state index contributed by atoms with van der Waals surface area (Å²) >= 11 is 6.14. The third-order valence-electron chi connectivity index (χ3n) is 4.53. The summed E-state index contributed by atoms with van der Waals surface area (Å²) in [5.41, 5.74) is 1.46. The van der Waals surface area contributed by atoms with Gasteiger partial charge >= 0.3 is 6.18 Å². The maximum absolute atomic E-state index is 12.9. The molecular formula is C22H15ClF3N3O. The van der Waals surface area contributed by atoms with Gasteiger partial charge in [-0.25, -0.2) is 0 Å². The molecule has 3 aromatic carbocycles. The van der Waals surface area contributed by atoms with Crippen LogP contribution in [0.25, 0.3) is 22.2 Å². The molecule has 0 bridgehead atoms. The molecule has 1 aromatic heterocycles. The van der Waals surface area contributed by atoms with Gasteiger partial charge < -0.3 is 5.32 Å². The second kappa shape index (κ2) is 7.84. The first-order chi connectivity index (χ1) is 14.3. The molecule has 0 fully saturated rings. The fourth-order valence-corrected chi connectivity index (χ4v) is 3.36. The predicted molar refractivity (Wildman–Crippen MR) is 110 cm³/mol. The highest BCUT2D eigenvalue weighted by Crippen LogP contribution is 2.31. The van der Waals surface area contributed by atoms with E-state index >= 15 is 0 Å². The molecule has 4 aromatic rings. The first-order valence-electron chi connectivity index (χ1n) is 9.00. The number of rotatable bonds is 4. The molecule has 30 heavy (non-hydrogen) atoms. The lowest BCUT2D eigenvalue weighted by atomic mass is 10.1. The molecule has 4 rings (SSSR count). The molecule has 152 valence electrons. The molecule has 0 aliphatic heterocycles. The van der Waals surface area contributed by atoms with Crippen molar-refractivity contribution >= 4 is 34.1 Å². The number of anilines is 1. The van der Waals surface area contributed by atoms with Crippen molar-refractivity contribution in [1.29, 1.82) is 0 Å². The van der Waals surface area contributed by atoms with Crippen LogP contribution in [0.2, 0.25) is 5.02 Å². The molecule has 1 amide bonds. The number of hydrogen-bond acceptors (Lipinski definition) is 2. The Balaban J connectivity index is 1.64. The topological polar surface area (TPSA) is 46.9 Å². The summed E-state index contributed by atoms with van der Waals surface area (Å²) in [6, 6.07) is 19.2. The number of hydrogen-bond donors (Lipinski definition) is 1. The Bertz CT molecular complexity index is 1220. The van der Waals surface area contributed by atoms with Crippen LogP contribution in [0.3, 0.4) is 0 Å². The van der Waals surface area contributed by atoms with Crippen molar-refractivity contribution in [3.05, 3.63) is 83.4 Å². The van der Waals surface area contributed by atoms with Crippen molar-refractivity contribution in [1.82, 2.24) is 9.78 Å². The van der Waals surface area contributed by atoms with Crippen LogP contribution in [0.1, 0.15) is 5.56 Å². The molecule has 0 saturated carbocycles. The number of aromatic nitrogens is 2. The highest BCUT2D eigenvalue weighted by atomic mass is 35.5. The summed E-state index contributed by atoms with van der Waals surface area (Å²) < 4.78 is 40.2. The number of fused-ring (bicyclic) bond motifs is 1. The fourth-order valence-electron chi connectivity index (χ4n) is 3.19. The maximum Gasteiger partial charge on any atom is 0.416 e. The normalized spacial score (nSPS) is 11.6. The van der Waals surface area contributed by atoms with Crippen molar-refractivity contribution in [2.75, 3.05) is 5.32 Å². The lowest BCUT2D eigenvalue weighted by Crippen LogP contribution is -2.20. The Morgan fingerprint density at radius 1 is 1.00 bits per heavy atom. The number of alkyl halides is 3. The van der Waals surface area contributed by atoms with Crippen molar-refractivity contribution in [2.45, 2.75) is 12.7 Å². The Labute approximate surface area is 174 Å². The van der Waals surface area contributed by atoms with Gasteiger partial charge in [-0.05, 0) is 36.4 Å². The first kappa shape index (κ1) is 20.0. The van der Waals surface area contributed by atoms with Gasteiger partial charge in [-0.15, -0.1) is 0 Å². The standard InChI is InChI=1S/C22H15ClF3N3O/c23-16-9-10-19-18(12-16)21(14-5-2-1-3-6-14)28-29(19)13-20(30)27-17-8-4-7-15(11-17)22(24,25)26/h1-12H,13H2,(H,27,30). The molecule has 1 N–H and O–H groups in total. The van der Waals surface area contributed by atoms with Crippen molar-refractivity contribution in [3.63, 3.8) is 0 Å². The second-order valence-electron chi connectivity index (χ2n) is 6.66. The molecular weight excluding hydrogens is 415 g/mol. The van der Waals surface area contributed by atoms with Gasteiger partial charge in [-0.1, -0.05) is 48.0 Å². The average molecular weight is 430 g/mol. The van der Waals surface area contributed by atoms with E-state index in [2.05, 4.69) is 10.4 Å². The van der Waals surface area contributed by atoms with Gasteiger partial charge in [0, 0.05) is 21.7 Å². The van der Waals surface area contributed by atoms with E-state index in [1.54, 1.807) is 18.2 Å². The number of halogens is 4. The number of benzene rings is 3. The summed E-state index contributed by atoms with van der Waals surface area (Å²) in [5.74, 6) is -0.492. The third-order valence-corrected chi connectivity index (χ3v) is 4.76. The minimum Gasteiger partial charge on any atom is -0.324 e. The smallest absolute Gasteiger partial charge is 0.324 e. The second-order valence-corrected chi connectivity index (χ2v) is 7.10. The zero-order valence-corrected chi connectivity index (χ0v) is 16.2. The van der Waals surface area contributed by atoms with Gasteiger partial charge in [0.1, 0.15) is 12.2 Å². The Morgan fingerprint density at radius 3 is 2.50 bits per heavy atom. The van der Waals surface area contributed by atoms with Crippen molar-refractivity contribution < 1.29 is 18.0 Å². The van der Waals surface area contributed by atoms with Gasteiger partial charge in [-0.3, -0.25) is 9.48 Å². The Morgan fingerprint density at radius 2 is 1.77 bits per heavy atom. The van der Waals surface area contributed by atoms with Crippen LogP contribution in [0, 0.1) is 0 Å². The molecule has 0 saturated heterocycles. The van der Waals surface area contributed by atoms with Crippen LogP contribution in [-0.4, -0.2) is 15.7 Å². The van der Waals surface area contributed by atoms with Crippen molar-refractivity contribution in [3.8, 4) is 11.3 Å². The van der Waals surface area contributed by atoms with Crippen LogP contribution >= 0.6 is 11.6 Å². The predicted octanol–water partition coefficient (Wildman–Crippen LogP) is 6.01. The van der Waals surface area contributed by atoms with Gasteiger partial charge in [0.25, 0.3) is 0 Å². The van der Waals surface area contributed by atoms with E-state index in [1.165, 1.54) is 16.8 Å². The molecule has 0 radical (unpaired) electrons. The number of nitrogens with zero attached hydrogens (tertiary/aromatic N) is 2. The quantitative estimate of drug-likeness (QED) is 0.431. The molecule has 0 aliphatic rings. The fraction of sp³-hybridized carbons (Fsp3) is 0.0909. The van der Waals surface area contributed by atoms with Crippen LogP contribution in [0.15, 0.2) is 72.8 Å². The summed E-state index contributed by atoms with van der Waals surface area (Å²) in [4.78, 5) is 12.5. The number of amides is 1. The summed E-state index contributed by atoms with van der Waals surface area (Å²) in [5, 5.41) is 8.37. The van der Waals surface area contributed by atoms with E-state index in [1.807, 2.05) is 30.3 Å². The van der Waals surface area contributed by atoms with E-state index in [0.717, 1.165) is 23.1 Å². The van der Waals surface area contributed by atoms with E-state index in [0.29, 0.717) is 16.2 Å². The summed E-state index contributed by atoms with van der Waals surface area (Å²) in [6.45, 7) is -0.165. The minimum atomic E-state index is -4.48. The van der Waals surface area contributed by atoms with Crippen molar-refractivity contribution in [2.24, 2.45) is 0 Å². The highest BCUT2D eigenvalue weighted by molar-refractivity contribution is 6.31. The Kier molecular flexibility index (Phi) is 5.22. The monoisotopic (exact) mass is 429 g/mol. The van der Waals surface area contributed by atoms with Gasteiger partial charge in [0.05, 0.1) is 11.1 Å². The van der Waals surface area contributed by atoms with E-state index in [4.69, 9.17) is 11.6 Å². The first-order valence-corrected chi connectivity index (χ1v) is 9.38. The van der Waals surface area contributed by atoms with Crippen LogP contribution < -0.4 is 5.32 Å². The molecule has 0 aliphatic carbocycles. The maximum atomic E-state index is 12.9. The third kappa shape index (κ3) is 4.16. The highest BCUT2D eigenvalue weighted by Gasteiger charge is 2.30. The molecule has 8 heteroatoms.